The van der Waals surface area contributed by atoms with E-state index in [0.29, 0.717) is 17.3 Å². The Morgan fingerprint density at radius 2 is 2.09 bits per heavy atom. The van der Waals surface area contributed by atoms with E-state index in [4.69, 9.17) is 0 Å². The number of nitrogens with zero attached hydrogens (tertiary/aromatic N) is 6. The topological polar surface area (TPSA) is 96.7 Å². The van der Waals surface area contributed by atoms with Gasteiger partial charge in [-0.05, 0) is 13.8 Å². The van der Waals surface area contributed by atoms with Gasteiger partial charge in [0.1, 0.15) is 18.0 Å². The van der Waals surface area contributed by atoms with Gasteiger partial charge in [0, 0.05) is 11.8 Å². The molecule has 2 N–H and O–H groups in total. The molecule has 116 valence electrons. The third kappa shape index (κ3) is 2.56. The largest absolute Gasteiger partial charge is 0.453 e. The predicted molar refractivity (Wildman–Crippen MR) is 68.9 cm³/mol. The molecule has 0 aliphatic rings. The Hall–Kier alpha value is -2.72. The maximum absolute atomic E-state index is 12.7. The van der Waals surface area contributed by atoms with Crippen LogP contribution >= 0.6 is 0 Å². The highest BCUT2D eigenvalue weighted by Gasteiger charge is 2.36. The first kappa shape index (κ1) is 14.2. The van der Waals surface area contributed by atoms with Crippen LogP contribution in [0, 0.1) is 6.92 Å². The third-order valence-electron chi connectivity index (χ3n) is 2.90. The van der Waals surface area contributed by atoms with Gasteiger partial charge in [0.15, 0.2) is 0 Å². The summed E-state index contributed by atoms with van der Waals surface area (Å²) in [6.07, 6.45) is -3.28. The van der Waals surface area contributed by atoms with Gasteiger partial charge in [0.2, 0.25) is 0 Å². The number of aryl methyl sites for hydroxylation is 1. The number of aromatic nitrogens is 7. The fraction of sp³-hybridized carbons (Fsp3) is 0.364. The van der Waals surface area contributed by atoms with E-state index in [9.17, 15) is 13.2 Å². The zero-order chi connectivity index (χ0) is 15.9. The van der Waals surface area contributed by atoms with Crippen LogP contribution in [0.2, 0.25) is 0 Å². The first-order valence-corrected chi connectivity index (χ1v) is 6.28. The van der Waals surface area contributed by atoms with Crippen molar-refractivity contribution in [1.82, 2.24) is 34.8 Å². The number of alkyl halides is 3. The van der Waals surface area contributed by atoms with Gasteiger partial charge in [-0.3, -0.25) is 5.10 Å². The molecule has 0 fully saturated rings. The first-order chi connectivity index (χ1) is 10.3. The molecule has 1 unspecified atom stereocenters. The van der Waals surface area contributed by atoms with Crippen LogP contribution < -0.4 is 5.32 Å². The molecule has 0 amide bonds. The molecule has 0 aliphatic heterocycles. The summed E-state index contributed by atoms with van der Waals surface area (Å²) in [7, 11) is 0. The third-order valence-corrected chi connectivity index (χ3v) is 2.90. The van der Waals surface area contributed by atoms with Crippen LogP contribution in [0.1, 0.15) is 30.3 Å². The van der Waals surface area contributed by atoms with Gasteiger partial charge in [-0.2, -0.15) is 27.8 Å². The zero-order valence-electron chi connectivity index (χ0n) is 11.5. The number of anilines is 1. The minimum Gasteiger partial charge on any atom is -0.360 e. The lowest BCUT2D eigenvalue weighted by Crippen LogP contribution is -2.13. The molecule has 0 radical (unpaired) electrons. The number of hydrogen-bond acceptors (Lipinski definition) is 6. The number of halogens is 3. The SMILES string of the molecule is Cc1cc(NC(C)c2ncn[nH]2)n2nc(C(F)(F)F)nc2n1. The monoisotopic (exact) mass is 312 g/mol. The number of H-pyrrole nitrogens is 1. The minimum absolute atomic E-state index is 0.125. The Morgan fingerprint density at radius 1 is 1.32 bits per heavy atom. The number of nitrogens with one attached hydrogen (secondary N) is 2. The highest BCUT2D eigenvalue weighted by Crippen LogP contribution is 2.27. The molecule has 1 atom stereocenters. The van der Waals surface area contributed by atoms with E-state index in [-0.39, 0.29) is 11.8 Å². The average molecular weight is 312 g/mol. The molecule has 8 nitrogen and oxygen atoms in total. The molecule has 0 bridgehead atoms. The first-order valence-electron chi connectivity index (χ1n) is 6.28. The molecule has 3 aromatic rings. The molecule has 0 aromatic carbocycles. The lowest BCUT2D eigenvalue weighted by atomic mass is 10.3. The molecule has 11 heteroatoms. The van der Waals surface area contributed by atoms with Crippen molar-refractivity contribution in [2.45, 2.75) is 26.1 Å². The van der Waals surface area contributed by atoms with Crippen molar-refractivity contribution in [3.05, 3.63) is 29.7 Å². The minimum atomic E-state index is -4.63. The normalized spacial score (nSPS) is 13.5. The summed E-state index contributed by atoms with van der Waals surface area (Å²) in [5, 5.41) is 12.9. The summed E-state index contributed by atoms with van der Waals surface area (Å²) >= 11 is 0. The maximum Gasteiger partial charge on any atom is 0.453 e. The van der Waals surface area contributed by atoms with Crippen molar-refractivity contribution in [3.63, 3.8) is 0 Å². The van der Waals surface area contributed by atoms with Crippen molar-refractivity contribution in [3.8, 4) is 0 Å². The summed E-state index contributed by atoms with van der Waals surface area (Å²) in [5.41, 5.74) is 0.515. The Morgan fingerprint density at radius 3 is 2.73 bits per heavy atom. The molecule has 0 aliphatic carbocycles. The van der Waals surface area contributed by atoms with E-state index in [2.05, 4.69) is 35.6 Å². The maximum atomic E-state index is 12.7. The molecule has 0 saturated carbocycles. The van der Waals surface area contributed by atoms with Gasteiger partial charge in [-0.15, -0.1) is 5.10 Å². The second-order valence-corrected chi connectivity index (χ2v) is 4.66. The second-order valence-electron chi connectivity index (χ2n) is 4.66. The van der Waals surface area contributed by atoms with Crippen LogP contribution in [0.4, 0.5) is 19.0 Å². The summed E-state index contributed by atoms with van der Waals surface area (Å²) in [5.74, 6) is -0.492. The fourth-order valence-corrected chi connectivity index (χ4v) is 1.92. The molecule has 0 spiro atoms. The van der Waals surface area contributed by atoms with Gasteiger partial charge in [0.25, 0.3) is 11.6 Å². The second kappa shape index (κ2) is 4.93. The van der Waals surface area contributed by atoms with Gasteiger partial charge < -0.3 is 5.32 Å². The van der Waals surface area contributed by atoms with Crippen LogP contribution in [0.3, 0.4) is 0 Å². The van der Waals surface area contributed by atoms with E-state index in [1.807, 2.05) is 0 Å². The lowest BCUT2D eigenvalue weighted by molar-refractivity contribution is -0.144. The van der Waals surface area contributed by atoms with E-state index < -0.39 is 12.0 Å². The van der Waals surface area contributed by atoms with Gasteiger partial charge in [0.05, 0.1) is 6.04 Å². The lowest BCUT2D eigenvalue weighted by Gasteiger charge is -2.13. The highest BCUT2D eigenvalue weighted by molar-refractivity contribution is 5.46. The van der Waals surface area contributed by atoms with Gasteiger partial charge in [-0.1, -0.05) is 0 Å². The molecule has 3 aromatic heterocycles. The highest BCUT2D eigenvalue weighted by atomic mass is 19.4. The smallest absolute Gasteiger partial charge is 0.360 e. The number of hydrogen-bond donors (Lipinski definition) is 2. The van der Waals surface area contributed by atoms with Crippen molar-refractivity contribution in [2.24, 2.45) is 0 Å². The summed E-state index contributed by atoms with van der Waals surface area (Å²) in [4.78, 5) is 11.4. The average Bonchev–Trinajstić information content (AvgIpc) is 3.06. The standard InChI is InChI=1S/C11H11F3N8/c1-5-3-7(18-6(2)8-15-4-16-20-8)22-10(17-5)19-9(21-22)11(12,13)14/h3-4,6,18H,1-2H3,(H,15,16,20). The van der Waals surface area contributed by atoms with Crippen molar-refractivity contribution < 1.29 is 13.2 Å². The van der Waals surface area contributed by atoms with E-state index >= 15 is 0 Å². The van der Waals surface area contributed by atoms with Crippen LogP contribution in [0.25, 0.3) is 5.78 Å². The summed E-state index contributed by atoms with van der Waals surface area (Å²) < 4.78 is 39.2. The molecule has 0 saturated heterocycles. The molecular formula is C11H11F3N8. The fourth-order valence-electron chi connectivity index (χ4n) is 1.92. The van der Waals surface area contributed by atoms with Gasteiger partial charge >= 0.3 is 6.18 Å². The van der Waals surface area contributed by atoms with Crippen LogP contribution in [-0.2, 0) is 6.18 Å². The predicted octanol–water partition coefficient (Wildman–Crippen LogP) is 1.74. The number of fused-ring (bicyclic) bond motifs is 1. The van der Waals surface area contributed by atoms with Gasteiger partial charge in [-0.25, -0.2) is 9.97 Å². The Kier molecular flexibility index (Phi) is 3.19. The summed E-state index contributed by atoms with van der Waals surface area (Å²) in [6, 6.07) is 1.26. The van der Waals surface area contributed by atoms with Crippen LogP contribution in [0.15, 0.2) is 12.4 Å². The summed E-state index contributed by atoms with van der Waals surface area (Å²) in [6.45, 7) is 3.44. The molecule has 3 heterocycles. The Bertz CT molecular complexity index is 792. The zero-order valence-corrected chi connectivity index (χ0v) is 11.5. The van der Waals surface area contributed by atoms with Crippen molar-refractivity contribution in [1.29, 1.82) is 0 Å². The molecular weight excluding hydrogens is 301 g/mol. The van der Waals surface area contributed by atoms with E-state index in [0.717, 1.165) is 4.52 Å². The number of rotatable bonds is 3. The van der Waals surface area contributed by atoms with Crippen LogP contribution in [-0.4, -0.2) is 34.8 Å². The molecule has 3 rings (SSSR count). The Labute approximate surface area is 121 Å². The Balaban J connectivity index is 2.03. The molecule has 22 heavy (non-hydrogen) atoms. The van der Waals surface area contributed by atoms with Crippen molar-refractivity contribution in [2.75, 3.05) is 5.32 Å². The van der Waals surface area contributed by atoms with Crippen molar-refractivity contribution >= 4 is 11.6 Å². The van der Waals surface area contributed by atoms with E-state index in [1.165, 1.54) is 6.33 Å². The van der Waals surface area contributed by atoms with Crippen LogP contribution in [0.5, 0.6) is 0 Å². The quantitative estimate of drug-likeness (QED) is 0.764. The number of aromatic amines is 1. The van der Waals surface area contributed by atoms with E-state index in [1.54, 1.807) is 19.9 Å².